The van der Waals surface area contributed by atoms with Gasteiger partial charge in [-0.15, -0.1) is 0 Å². The van der Waals surface area contributed by atoms with Crippen LogP contribution in [-0.2, 0) is 11.2 Å². The zero-order valence-corrected chi connectivity index (χ0v) is 8.66. The van der Waals surface area contributed by atoms with Crippen LogP contribution in [0.3, 0.4) is 0 Å². The fourth-order valence-electron chi connectivity index (χ4n) is 1.70. The van der Waals surface area contributed by atoms with Gasteiger partial charge in [0.25, 0.3) is 0 Å². The van der Waals surface area contributed by atoms with Crippen molar-refractivity contribution in [3.8, 4) is 11.5 Å². The molecule has 0 saturated heterocycles. The molecule has 1 aromatic carbocycles. The molecule has 0 spiro atoms. The monoisotopic (exact) mass is 208 g/mol. The third-order valence-electron chi connectivity index (χ3n) is 2.57. The topological polar surface area (TPSA) is 55.8 Å². The first kappa shape index (κ1) is 9.83. The average molecular weight is 208 g/mol. The smallest absolute Gasteiger partial charge is 0.307 e. The number of carboxylic acids is 1. The zero-order chi connectivity index (χ0) is 11.0. The van der Waals surface area contributed by atoms with Crippen LogP contribution in [0.1, 0.15) is 16.7 Å². The van der Waals surface area contributed by atoms with Gasteiger partial charge in [-0.3, -0.25) is 4.79 Å². The van der Waals surface area contributed by atoms with Crippen LogP contribution in [0.15, 0.2) is 6.07 Å². The summed E-state index contributed by atoms with van der Waals surface area (Å²) in [5, 5.41) is 8.76. The first-order valence-corrected chi connectivity index (χ1v) is 4.70. The van der Waals surface area contributed by atoms with E-state index in [9.17, 15) is 4.79 Å². The molecule has 0 fully saturated rings. The van der Waals surface area contributed by atoms with E-state index in [1.165, 1.54) is 0 Å². The minimum atomic E-state index is -0.865. The highest BCUT2D eigenvalue weighted by Gasteiger charge is 2.22. The van der Waals surface area contributed by atoms with Gasteiger partial charge >= 0.3 is 5.97 Å². The number of benzene rings is 1. The summed E-state index contributed by atoms with van der Waals surface area (Å²) in [6.07, 6.45) is -0.0349. The largest absolute Gasteiger partial charge is 0.481 e. The van der Waals surface area contributed by atoms with Gasteiger partial charge in [0.15, 0.2) is 11.5 Å². The van der Waals surface area contributed by atoms with E-state index in [0.29, 0.717) is 17.1 Å². The average Bonchev–Trinajstić information content (AvgIpc) is 2.61. The molecule has 1 aliphatic rings. The Balaban J connectivity index is 2.52. The predicted octanol–water partition coefficient (Wildman–Crippen LogP) is 1.66. The van der Waals surface area contributed by atoms with Crippen LogP contribution >= 0.6 is 0 Å². The lowest BCUT2D eigenvalue weighted by molar-refractivity contribution is -0.136. The molecule has 80 valence electrons. The van der Waals surface area contributed by atoms with Crippen molar-refractivity contribution in [2.24, 2.45) is 0 Å². The van der Waals surface area contributed by atoms with E-state index < -0.39 is 5.97 Å². The highest BCUT2D eigenvalue weighted by Crippen LogP contribution is 2.40. The highest BCUT2D eigenvalue weighted by atomic mass is 16.7. The van der Waals surface area contributed by atoms with Gasteiger partial charge in [-0.2, -0.15) is 0 Å². The number of ether oxygens (including phenoxy) is 2. The standard InChI is InChI=1S/C11H12O4/c1-6-3-8(4-9(12)13)11-10(7(6)2)14-5-15-11/h3H,4-5H2,1-2H3,(H,12,13). The van der Waals surface area contributed by atoms with Crippen LogP contribution in [0.4, 0.5) is 0 Å². The summed E-state index contributed by atoms with van der Waals surface area (Å²) >= 11 is 0. The maximum atomic E-state index is 10.7. The zero-order valence-electron chi connectivity index (χ0n) is 8.66. The van der Waals surface area contributed by atoms with Gasteiger partial charge in [-0.1, -0.05) is 6.07 Å². The number of aryl methyl sites for hydroxylation is 1. The fraction of sp³-hybridized carbons (Fsp3) is 0.364. The second kappa shape index (κ2) is 3.46. The van der Waals surface area contributed by atoms with Gasteiger partial charge in [0.1, 0.15) is 0 Å². The molecule has 1 aliphatic heterocycles. The van der Waals surface area contributed by atoms with E-state index in [0.717, 1.165) is 11.1 Å². The van der Waals surface area contributed by atoms with Crippen molar-refractivity contribution in [3.63, 3.8) is 0 Å². The molecular weight excluding hydrogens is 196 g/mol. The molecule has 0 saturated carbocycles. The maximum absolute atomic E-state index is 10.7. The molecule has 0 unspecified atom stereocenters. The maximum Gasteiger partial charge on any atom is 0.307 e. The number of rotatable bonds is 2. The Labute approximate surface area is 87.4 Å². The third kappa shape index (κ3) is 1.63. The summed E-state index contributed by atoms with van der Waals surface area (Å²) in [4.78, 5) is 10.7. The van der Waals surface area contributed by atoms with Crippen LogP contribution in [0.25, 0.3) is 0 Å². The number of aliphatic carboxylic acids is 1. The van der Waals surface area contributed by atoms with Crippen molar-refractivity contribution in [1.29, 1.82) is 0 Å². The SMILES string of the molecule is Cc1cc(CC(=O)O)c2c(c1C)OCO2. The summed E-state index contributed by atoms with van der Waals surface area (Å²) < 4.78 is 10.6. The molecule has 2 rings (SSSR count). The lowest BCUT2D eigenvalue weighted by Gasteiger charge is -2.08. The van der Waals surface area contributed by atoms with E-state index in [4.69, 9.17) is 14.6 Å². The molecule has 1 aromatic rings. The van der Waals surface area contributed by atoms with Crippen LogP contribution in [0.5, 0.6) is 11.5 Å². The molecule has 0 aliphatic carbocycles. The molecular formula is C11H12O4. The first-order chi connectivity index (χ1) is 7.09. The number of hydrogen-bond donors (Lipinski definition) is 1. The van der Waals surface area contributed by atoms with Crippen molar-refractivity contribution in [1.82, 2.24) is 0 Å². The quantitative estimate of drug-likeness (QED) is 0.803. The summed E-state index contributed by atoms with van der Waals surface area (Å²) in [6.45, 7) is 4.04. The van der Waals surface area contributed by atoms with Gasteiger partial charge in [0.05, 0.1) is 6.42 Å². The van der Waals surface area contributed by atoms with E-state index in [-0.39, 0.29) is 13.2 Å². The Morgan fingerprint density at radius 3 is 2.73 bits per heavy atom. The molecule has 15 heavy (non-hydrogen) atoms. The summed E-state index contributed by atoms with van der Waals surface area (Å²) in [5.74, 6) is 0.405. The molecule has 1 heterocycles. The molecule has 0 radical (unpaired) electrons. The lowest BCUT2D eigenvalue weighted by Crippen LogP contribution is -2.02. The lowest BCUT2D eigenvalue weighted by atomic mass is 10.0. The van der Waals surface area contributed by atoms with Gasteiger partial charge in [0, 0.05) is 5.56 Å². The Hall–Kier alpha value is -1.71. The van der Waals surface area contributed by atoms with E-state index in [1.807, 2.05) is 19.9 Å². The van der Waals surface area contributed by atoms with Gasteiger partial charge in [-0.25, -0.2) is 0 Å². The molecule has 0 bridgehead atoms. The van der Waals surface area contributed by atoms with Crippen molar-refractivity contribution in [2.45, 2.75) is 20.3 Å². The number of carboxylic acid groups (broad SMARTS) is 1. The third-order valence-corrected chi connectivity index (χ3v) is 2.57. The van der Waals surface area contributed by atoms with E-state index >= 15 is 0 Å². The van der Waals surface area contributed by atoms with Crippen LogP contribution in [-0.4, -0.2) is 17.9 Å². The van der Waals surface area contributed by atoms with Crippen molar-refractivity contribution < 1.29 is 19.4 Å². The molecule has 4 heteroatoms. The van der Waals surface area contributed by atoms with Crippen LogP contribution in [0, 0.1) is 13.8 Å². The van der Waals surface area contributed by atoms with Crippen molar-refractivity contribution in [2.75, 3.05) is 6.79 Å². The van der Waals surface area contributed by atoms with Crippen LogP contribution in [0.2, 0.25) is 0 Å². The Morgan fingerprint density at radius 1 is 1.40 bits per heavy atom. The number of hydrogen-bond acceptors (Lipinski definition) is 3. The molecule has 0 amide bonds. The molecule has 0 aromatic heterocycles. The van der Waals surface area contributed by atoms with Gasteiger partial charge in [-0.05, 0) is 25.0 Å². The van der Waals surface area contributed by atoms with Crippen molar-refractivity contribution in [3.05, 3.63) is 22.8 Å². The number of fused-ring (bicyclic) bond motifs is 1. The van der Waals surface area contributed by atoms with E-state index in [2.05, 4.69) is 0 Å². The van der Waals surface area contributed by atoms with Crippen LogP contribution < -0.4 is 9.47 Å². The minimum Gasteiger partial charge on any atom is -0.481 e. The predicted molar refractivity (Wildman–Crippen MR) is 53.4 cm³/mol. The molecule has 4 nitrogen and oxygen atoms in total. The van der Waals surface area contributed by atoms with Gasteiger partial charge < -0.3 is 14.6 Å². The number of carbonyl (C=O) groups is 1. The Morgan fingerprint density at radius 2 is 2.07 bits per heavy atom. The highest BCUT2D eigenvalue weighted by molar-refractivity contribution is 5.73. The summed E-state index contributed by atoms with van der Waals surface area (Å²) in [5.41, 5.74) is 2.71. The molecule has 0 atom stereocenters. The second-order valence-electron chi connectivity index (χ2n) is 3.61. The Bertz CT molecular complexity index is 423. The first-order valence-electron chi connectivity index (χ1n) is 4.70. The summed E-state index contributed by atoms with van der Waals surface area (Å²) in [6, 6.07) is 1.84. The molecule has 1 N–H and O–H groups in total. The minimum absolute atomic E-state index is 0.0349. The fourth-order valence-corrected chi connectivity index (χ4v) is 1.70. The summed E-state index contributed by atoms with van der Waals surface area (Å²) in [7, 11) is 0. The normalized spacial score (nSPS) is 12.9. The van der Waals surface area contributed by atoms with E-state index in [1.54, 1.807) is 0 Å². The van der Waals surface area contributed by atoms with Crippen molar-refractivity contribution >= 4 is 5.97 Å². The Kier molecular flexibility index (Phi) is 2.26. The van der Waals surface area contributed by atoms with Gasteiger partial charge in [0.2, 0.25) is 6.79 Å². The second-order valence-corrected chi connectivity index (χ2v) is 3.61.